The Kier molecular flexibility index (Phi) is 3.77. The van der Waals surface area contributed by atoms with E-state index in [4.69, 9.17) is 11.6 Å². The minimum absolute atomic E-state index is 0.612. The van der Waals surface area contributed by atoms with Gasteiger partial charge in [0, 0.05) is 16.4 Å². The zero-order valence-electron chi connectivity index (χ0n) is 9.73. The highest BCUT2D eigenvalue weighted by molar-refractivity contribution is 9.10. The third-order valence-electron chi connectivity index (χ3n) is 2.57. The number of nitrogens with one attached hydrogen (secondary N) is 1. The lowest BCUT2D eigenvalue weighted by Gasteiger charge is -1.98. The molecule has 2 heterocycles. The van der Waals surface area contributed by atoms with Gasteiger partial charge in [-0.1, -0.05) is 51.4 Å². The molecule has 0 aliphatic carbocycles. The normalized spacial score (nSPS) is 11.1. The molecule has 0 aliphatic rings. The molecule has 0 aliphatic heterocycles. The van der Waals surface area contributed by atoms with Crippen LogP contribution in [-0.4, -0.2) is 15.0 Å². The van der Waals surface area contributed by atoms with Crippen molar-refractivity contribution in [3.05, 3.63) is 51.6 Å². The number of benzene rings is 1. The van der Waals surface area contributed by atoms with Crippen molar-refractivity contribution in [2.24, 2.45) is 0 Å². The molecule has 0 radical (unpaired) electrons. The molecule has 1 N–H and O–H groups in total. The van der Waals surface area contributed by atoms with Gasteiger partial charge in [0.1, 0.15) is 0 Å². The SMILES string of the molecule is Clc1cnc2nc(SCc3ccc(Br)cc3)[nH]c2c1. The Morgan fingerprint density at radius 2 is 2.05 bits per heavy atom. The Bertz CT molecular complexity index is 711. The van der Waals surface area contributed by atoms with Crippen molar-refractivity contribution in [3.8, 4) is 0 Å². The van der Waals surface area contributed by atoms with Crippen LogP contribution in [0.5, 0.6) is 0 Å². The molecule has 0 saturated heterocycles. The zero-order chi connectivity index (χ0) is 13.2. The Hall–Kier alpha value is -1.04. The van der Waals surface area contributed by atoms with Gasteiger partial charge in [-0.2, -0.15) is 0 Å². The molecule has 0 amide bonds. The van der Waals surface area contributed by atoms with E-state index in [2.05, 4.69) is 43.0 Å². The number of fused-ring (bicyclic) bond motifs is 1. The second kappa shape index (κ2) is 5.53. The van der Waals surface area contributed by atoms with Gasteiger partial charge in [0.25, 0.3) is 0 Å². The van der Waals surface area contributed by atoms with Crippen LogP contribution in [0.2, 0.25) is 5.02 Å². The Morgan fingerprint density at radius 1 is 1.26 bits per heavy atom. The lowest BCUT2D eigenvalue weighted by molar-refractivity contribution is 1.07. The summed E-state index contributed by atoms with van der Waals surface area (Å²) in [5, 5.41) is 1.47. The highest BCUT2D eigenvalue weighted by atomic mass is 79.9. The Morgan fingerprint density at radius 3 is 2.84 bits per heavy atom. The monoisotopic (exact) mass is 353 g/mol. The summed E-state index contributed by atoms with van der Waals surface area (Å²) in [6.07, 6.45) is 1.61. The maximum absolute atomic E-state index is 5.89. The number of aromatic amines is 1. The van der Waals surface area contributed by atoms with Gasteiger partial charge in [0.05, 0.1) is 10.5 Å². The van der Waals surface area contributed by atoms with Gasteiger partial charge in [0.2, 0.25) is 0 Å². The summed E-state index contributed by atoms with van der Waals surface area (Å²) in [5.41, 5.74) is 2.81. The molecule has 3 rings (SSSR count). The fourth-order valence-corrected chi connectivity index (χ4v) is 2.90. The summed E-state index contributed by atoms with van der Waals surface area (Å²) >= 11 is 11.0. The minimum Gasteiger partial charge on any atom is -0.331 e. The van der Waals surface area contributed by atoms with Gasteiger partial charge in [0.15, 0.2) is 10.8 Å². The van der Waals surface area contributed by atoms with Crippen LogP contribution in [0, 0.1) is 0 Å². The van der Waals surface area contributed by atoms with Crippen LogP contribution < -0.4 is 0 Å². The van der Waals surface area contributed by atoms with Gasteiger partial charge in [-0.3, -0.25) is 0 Å². The lowest BCUT2D eigenvalue weighted by atomic mass is 10.2. The van der Waals surface area contributed by atoms with E-state index in [-0.39, 0.29) is 0 Å². The number of hydrogen-bond donors (Lipinski definition) is 1. The van der Waals surface area contributed by atoms with Crippen molar-refractivity contribution in [1.82, 2.24) is 15.0 Å². The predicted octanol–water partition coefficient (Wildman–Crippen LogP) is 4.67. The summed E-state index contributed by atoms with van der Waals surface area (Å²) in [6.45, 7) is 0. The van der Waals surface area contributed by atoms with E-state index < -0.39 is 0 Å². The molecular weight excluding hydrogens is 346 g/mol. The zero-order valence-corrected chi connectivity index (χ0v) is 12.9. The lowest BCUT2D eigenvalue weighted by Crippen LogP contribution is -1.81. The summed E-state index contributed by atoms with van der Waals surface area (Å²) in [5.74, 6) is 0.862. The van der Waals surface area contributed by atoms with Crippen LogP contribution in [0.25, 0.3) is 11.2 Å². The molecule has 0 saturated carbocycles. The van der Waals surface area contributed by atoms with Crippen LogP contribution in [0.15, 0.2) is 46.2 Å². The van der Waals surface area contributed by atoms with E-state index >= 15 is 0 Å². The number of nitrogens with zero attached hydrogens (tertiary/aromatic N) is 2. The summed E-state index contributed by atoms with van der Waals surface area (Å²) in [4.78, 5) is 11.8. The maximum atomic E-state index is 5.89. The third-order valence-corrected chi connectivity index (χ3v) is 4.25. The molecule has 1 aromatic carbocycles. The van der Waals surface area contributed by atoms with E-state index in [1.165, 1.54) is 5.56 Å². The first-order valence-electron chi connectivity index (χ1n) is 5.59. The fourth-order valence-electron chi connectivity index (χ4n) is 1.65. The van der Waals surface area contributed by atoms with Crippen molar-refractivity contribution >= 4 is 50.5 Å². The smallest absolute Gasteiger partial charge is 0.178 e. The summed E-state index contributed by atoms with van der Waals surface area (Å²) < 4.78 is 1.09. The first-order valence-corrected chi connectivity index (χ1v) is 7.75. The van der Waals surface area contributed by atoms with Crippen LogP contribution in [0.3, 0.4) is 0 Å². The average molecular weight is 355 g/mol. The van der Waals surface area contributed by atoms with E-state index in [1.807, 2.05) is 18.2 Å². The fraction of sp³-hybridized carbons (Fsp3) is 0.0769. The quantitative estimate of drug-likeness (QED) is 0.695. The first kappa shape index (κ1) is 13.0. The molecule has 0 fully saturated rings. The Balaban J connectivity index is 1.76. The molecule has 0 spiro atoms. The minimum atomic E-state index is 0.612. The van der Waals surface area contributed by atoms with Crippen molar-refractivity contribution in [2.75, 3.05) is 0 Å². The standard InChI is InChI=1S/C13H9BrClN3S/c14-9-3-1-8(2-4-9)7-19-13-17-11-5-10(15)6-16-12(11)18-13/h1-6H,7H2,(H,16,17,18). The first-order chi connectivity index (χ1) is 9.20. The molecule has 96 valence electrons. The molecular formula is C13H9BrClN3S. The second-order valence-corrected chi connectivity index (χ2v) is 6.30. The number of imidazole rings is 1. The molecule has 2 aromatic heterocycles. The van der Waals surface area contributed by atoms with E-state index in [0.717, 1.165) is 20.9 Å². The van der Waals surface area contributed by atoms with Crippen molar-refractivity contribution in [2.45, 2.75) is 10.9 Å². The van der Waals surface area contributed by atoms with Crippen LogP contribution >= 0.6 is 39.3 Å². The van der Waals surface area contributed by atoms with Gasteiger partial charge < -0.3 is 4.98 Å². The number of thioether (sulfide) groups is 1. The Labute approximate surface area is 127 Å². The van der Waals surface area contributed by atoms with Gasteiger partial charge in [-0.25, -0.2) is 9.97 Å². The third kappa shape index (κ3) is 3.11. The number of halogens is 2. The molecule has 19 heavy (non-hydrogen) atoms. The van der Waals surface area contributed by atoms with E-state index in [0.29, 0.717) is 10.7 Å². The molecule has 0 atom stereocenters. The largest absolute Gasteiger partial charge is 0.331 e. The van der Waals surface area contributed by atoms with Gasteiger partial charge in [-0.15, -0.1) is 0 Å². The molecule has 3 nitrogen and oxygen atoms in total. The van der Waals surface area contributed by atoms with Crippen LogP contribution in [0.4, 0.5) is 0 Å². The predicted molar refractivity (Wildman–Crippen MR) is 82.6 cm³/mol. The highest BCUT2D eigenvalue weighted by Crippen LogP contribution is 2.24. The van der Waals surface area contributed by atoms with Gasteiger partial charge in [-0.05, 0) is 23.8 Å². The molecule has 0 unspecified atom stereocenters. The van der Waals surface area contributed by atoms with E-state index in [1.54, 1.807) is 18.0 Å². The highest BCUT2D eigenvalue weighted by Gasteiger charge is 2.05. The van der Waals surface area contributed by atoms with Crippen LogP contribution in [0.1, 0.15) is 5.56 Å². The number of aromatic nitrogens is 3. The van der Waals surface area contributed by atoms with E-state index in [9.17, 15) is 0 Å². The number of hydrogen-bond acceptors (Lipinski definition) is 3. The molecule has 6 heteroatoms. The topological polar surface area (TPSA) is 41.6 Å². The van der Waals surface area contributed by atoms with Crippen molar-refractivity contribution in [3.63, 3.8) is 0 Å². The molecule has 3 aromatic rings. The number of pyridine rings is 1. The van der Waals surface area contributed by atoms with Crippen LogP contribution in [-0.2, 0) is 5.75 Å². The van der Waals surface area contributed by atoms with Gasteiger partial charge >= 0.3 is 0 Å². The number of H-pyrrole nitrogens is 1. The maximum Gasteiger partial charge on any atom is 0.178 e. The average Bonchev–Trinajstić information content (AvgIpc) is 2.80. The second-order valence-electron chi connectivity index (χ2n) is 3.98. The van der Waals surface area contributed by atoms with Crippen molar-refractivity contribution < 1.29 is 0 Å². The summed E-state index contributed by atoms with van der Waals surface area (Å²) in [6, 6.07) is 10.1. The number of rotatable bonds is 3. The summed E-state index contributed by atoms with van der Waals surface area (Å²) in [7, 11) is 0. The van der Waals surface area contributed by atoms with Crippen molar-refractivity contribution in [1.29, 1.82) is 0 Å². The molecule has 0 bridgehead atoms.